The lowest BCUT2D eigenvalue weighted by Gasteiger charge is -2.31. The molecule has 1 rings (SSSR count). The van der Waals surface area contributed by atoms with Gasteiger partial charge in [0.1, 0.15) is 0 Å². The van der Waals surface area contributed by atoms with Crippen molar-refractivity contribution in [1.82, 2.24) is 10.2 Å². The lowest BCUT2D eigenvalue weighted by molar-refractivity contribution is -0.0192. The molecule has 1 aliphatic heterocycles. The zero-order valence-electron chi connectivity index (χ0n) is 9.83. The van der Waals surface area contributed by atoms with Crippen molar-refractivity contribution in [2.24, 2.45) is 0 Å². The predicted molar refractivity (Wildman–Crippen MR) is 62.8 cm³/mol. The zero-order chi connectivity index (χ0) is 11.1. The van der Waals surface area contributed by atoms with Crippen LogP contribution in [0.5, 0.6) is 0 Å². The first-order valence-corrected chi connectivity index (χ1v) is 5.73. The molecule has 1 aliphatic rings. The summed E-state index contributed by atoms with van der Waals surface area (Å²) in [4.78, 5) is 2.30. The van der Waals surface area contributed by atoms with E-state index in [9.17, 15) is 0 Å². The summed E-state index contributed by atoms with van der Waals surface area (Å²) >= 11 is 0. The van der Waals surface area contributed by atoms with Crippen LogP contribution >= 0.6 is 0 Å². The molecule has 0 aromatic heterocycles. The molecular weight excluding hydrogens is 188 g/mol. The molecule has 1 saturated heterocycles. The lowest BCUT2D eigenvalue weighted by Crippen LogP contribution is -2.46. The van der Waals surface area contributed by atoms with Crippen LogP contribution < -0.4 is 5.32 Å². The molecule has 1 N–H and O–H groups in total. The van der Waals surface area contributed by atoms with E-state index >= 15 is 0 Å². The molecule has 0 amide bonds. The molecule has 3 nitrogen and oxygen atoms in total. The summed E-state index contributed by atoms with van der Waals surface area (Å²) in [6, 6.07) is 0.436. The van der Waals surface area contributed by atoms with Crippen molar-refractivity contribution in [2.45, 2.75) is 31.9 Å². The van der Waals surface area contributed by atoms with E-state index in [4.69, 9.17) is 11.2 Å². The molecule has 0 saturated carbocycles. The first-order chi connectivity index (χ1) is 7.26. The second kappa shape index (κ2) is 6.84. The fraction of sp³-hybridized carbons (Fsp3) is 0.833. The van der Waals surface area contributed by atoms with Gasteiger partial charge in [-0.15, -0.1) is 12.3 Å². The van der Waals surface area contributed by atoms with E-state index in [0.29, 0.717) is 12.1 Å². The molecule has 1 fully saturated rings. The molecule has 0 aromatic carbocycles. The fourth-order valence-corrected chi connectivity index (χ4v) is 1.79. The molecule has 0 bridgehead atoms. The Morgan fingerprint density at radius 2 is 2.47 bits per heavy atom. The minimum Gasteiger partial charge on any atom is -0.374 e. The number of morpholine rings is 1. The normalized spacial score (nSPS) is 24.7. The highest BCUT2D eigenvalue weighted by Crippen LogP contribution is 2.03. The van der Waals surface area contributed by atoms with Gasteiger partial charge in [-0.1, -0.05) is 6.92 Å². The summed E-state index contributed by atoms with van der Waals surface area (Å²) in [5, 5.41) is 3.47. The molecule has 3 heteroatoms. The van der Waals surface area contributed by atoms with Gasteiger partial charge in [-0.25, -0.2) is 0 Å². The zero-order valence-corrected chi connectivity index (χ0v) is 9.83. The van der Waals surface area contributed by atoms with Crippen LogP contribution in [0.1, 0.15) is 19.8 Å². The van der Waals surface area contributed by atoms with Crippen molar-refractivity contribution >= 4 is 0 Å². The highest BCUT2D eigenvalue weighted by atomic mass is 16.5. The lowest BCUT2D eigenvalue weighted by atomic mass is 10.1. The van der Waals surface area contributed by atoms with Crippen molar-refractivity contribution in [2.75, 3.05) is 33.3 Å². The monoisotopic (exact) mass is 210 g/mol. The summed E-state index contributed by atoms with van der Waals surface area (Å²) in [7, 11) is 2.13. The average Bonchev–Trinajstić information content (AvgIpc) is 2.24. The Labute approximate surface area is 93.2 Å². The smallest absolute Gasteiger partial charge is 0.0826 e. The van der Waals surface area contributed by atoms with Gasteiger partial charge >= 0.3 is 0 Å². The molecule has 2 atom stereocenters. The molecule has 0 radical (unpaired) electrons. The minimum atomic E-state index is 0.315. The Morgan fingerprint density at radius 3 is 3.07 bits per heavy atom. The van der Waals surface area contributed by atoms with Crippen LogP contribution in [0.4, 0.5) is 0 Å². The van der Waals surface area contributed by atoms with Crippen molar-refractivity contribution in [3.8, 4) is 12.3 Å². The second-order valence-electron chi connectivity index (χ2n) is 4.18. The average molecular weight is 210 g/mol. The second-order valence-corrected chi connectivity index (χ2v) is 4.18. The maximum atomic E-state index is 5.67. The van der Waals surface area contributed by atoms with Crippen molar-refractivity contribution in [1.29, 1.82) is 0 Å². The Hall–Kier alpha value is -0.560. The Bertz CT molecular complexity index is 212. The van der Waals surface area contributed by atoms with Gasteiger partial charge in [0.15, 0.2) is 0 Å². The number of ether oxygens (including phenoxy) is 1. The van der Waals surface area contributed by atoms with Gasteiger partial charge in [-0.2, -0.15) is 0 Å². The summed E-state index contributed by atoms with van der Waals surface area (Å²) in [6.45, 7) is 5.96. The molecule has 1 heterocycles. The van der Waals surface area contributed by atoms with E-state index < -0.39 is 0 Å². The molecule has 15 heavy (non-hydrogen) atoms. The number of likely N-dealkylation sites (N-methyl/N-ethyl adjacent to an activating group) is 1. The van der Waals surface area contributed by atoms with Gasteiger partial charge in [-0.3, -0.25) is 0 Å². The van der Waals surface area contributed by atoms with Gasteiger partial charge in [0, 0.05) is 32.1 Å². The van der Waals surface area contributed by atoms with Crippen LogP contribution in [-0.4, -0.2) is 50.3 Å². The van der Waals surface area contributed by atoms with E-state index in [1.54, 1.807) is 0 Å². The highest BCUT2D eigenvalue weighted by molar-refractivity contribution is 4.89. The first kappa shape index (κ1) is 12.5. The number of hydrogen-bond donors (Lipinski definition) is 1. The quantitative estimate of drug-likeness (QED) is 0.676. The van der Waals surface area contributed by atoms with Crippen LogP contribution in [0.3, 0.4) is 0 Å². The topological polar surface area (TPSA) is 24.5 Å². The number of nitrogens with one attached hydrogen (secondary N) is 1. The Morgan fingerprint density at radius 1 is 1.67 bits per heavy atom. The largest absolute Gasteiger partial charge is 0.374 e. The number of rotatable bonds is 5. The van der Waals surface area contributed by atoms with E-state index in [2.05, 4.69) is 30.1 Å². The van der Waals surface area contributed by atoms with Crippen LogP contribution in [0.2, 0.25) is 0 Å². The van der Waals surface area contributed by atoms with Crippen molar-refractivity contribution in [3.05, 3.63) is 0 Å². The summed E-state index contributed by atoms with van der Waals surface area (Å²) in [5.74, 6) is 2.70. The van der Waals surface area contributed by atoms with Crippen molar-refractivity contribution in [3.63, 3.8) is 0 Å². The SMILES string of the molecule is C#CCC(CC)NCC1CN(C)CCO1. The van der Waals surface area contributed by atoms with Crippen LogP contribution in [0.25, 0.3) is 0 Å². The van der Waals surface area contributed by atoms with Crippen LogP contribution in [-0.2, 0) is 4.74 Å². The maximum Gasteiger partial charge on any atom is 0.0826 e. The van der Waals surface area contributed by atoms with Crippen molar-refractivity contribution < 1.29 is 4.74 Å². The Kier molecular flexibility index (Phi) is 5.70. The molecule has 0 aliphatic carbocycles. The summed E-state index contributed by atoms with van der Waals surface area (Å²) in [6.07, 6.45) is 7.50. The van der Waals surface area contributed by atoms with E-state index in [1.165, 1.54) is 0 Å². The van der Waals surface area contributed by atoms with E-state index in [1.807, 2.05) is 0 Å². The summed E-state index contributed by atoms with van der Waals surface area (Å²) in [5.41, 5.74) is 0. The molecule has 0 spiro atoms. The third-order valence-corrected chi connectivity index (χ3v) is 2.83. The Balaban J connectivity index is 2.20. The molecule has 0 aromatic rings. The van der Waals surface area contributed by atoms with Gasteiger partial charge in [0.2, 0.25) is 0 Å². The molecular formula is C12H22N2O. The highest BCUT2D eigenvalue weighted by Gasteiger charge is 2.18. The minimum absolute atomic E-state index is 0.315. The van der Waals surface area contributed by atoms with Crippen LogP contribution in [0, 0.1) is 12.3 Å². The van der Waals surface area contributed by atoms with E-state index in [-0.39, 0.29) is 0 Å². The van der Waals surface area contributed by atoms with Gasteiger partial charge in [0.25, 0.3) is 0 Å². The number of nitrogens with zero attached hydrogens (tertiary/aromatic N) is 1. The fourth-order valence-electron chi connectivity index (χ4n) is 1.79. The van der Waals surface area contributed by atoms with Gasteiger partial charge < -0.3 is 15.0 Å². The standard InChI is InChI=1S/C12H22N2O/c1-4-6-11(5-2)13-9-12-10-14(3)7-8-15-12/h1,11-13H,5-10H2,2-3H3. The van der Waals surface area contributed by atoms with Gasteiger partial charge in [0.05, 0.1) is 12.7 Å². The number of hydrogen-bond acceptors (Lipinski definition) is 3. The predicted octanol–water partition coefficient (Wildman–Crippen LogP) is 0.709. The van der Waals surface area contributed by atoms with Gasteiger partial charge in [-0.05, 0) is 13.5 Å². The third-order valence-electron chi connectivity index (χ3n) is 2.83. The maximum absolute atomic E-state index is 5.67. The molecule has 2 unspecified atom stereocenters. The number of terminal acetylenes is 1. The molecule has 86 valence electrons. The van der Waals surface area contributed by atoms with E-state index in [0.717, 1.165) is 39.1 Å². The van der Waals surface area contributed by atoms with Crippen LogP contribution in [0.15, 0.2) is 0 Å². The first-order valence-electron chi connectivity index (χ1n) is 5.73. The third kappa shape index (κ3) is 4.65. The summed E-state index contributed by atoms with van der Waals surface area (Å²) < 4.78 is 5.67.